The van der Waals surface area contributed by atoms with Crippen molar-refractivity contribution in [2.75, 3.05) is 11.9 Å². The van der Waals surface area contributed by atoms with Gasteiger partial charge in [0.15, 0.2) is 17.6 Å². The fraction of sp³-hybridized carbons (Fsp3) is 0.222. The average Bonchev–Trinajstić information content (AvgIpc) is 2.56. The normalized spacial score (nSPS) is 11.2. The van der Waals surface area contributed by atoms with Gasteiger partial charge in [0.2, 0.25) is 0 Å². The maximum absolute atomic E-state index is 13.1. The van der Waals surface area contributed by atoms with Crippen molar-refractivity contribution in [2.24, 2.45) is 0 Å². The lowest BCUT2D eigenvalue weighted by Gasteiger charge is -2.17. The fourth-order valence-corrected chi connectivity index (χ4v) is 2.00. The number of rotatable bonds is 6. The molecule has 0 unspecified atom stereocenters. The second-order valence-corrected chi connectivity index (χ2v) is 4.97. The van der Waals surface area contributed by atoms with Gasteiger partial charge in [-0.1, -0.05) is 6.07 Å². The molecule has 0 heterocycles. The first-order valence-corrected chi connectivity index (χ1v) is 7.43. The van der Waals surface area contributed by atoms with Crippen LogP contribution < -0.4 is 14.8 Å². The Morgan fingerprint density at radius 1 is 1.29 bits per heavy atom. The van der Waals surface area contributed by atoms with E-state index in [-0.39, 0.29) is 0 Å². The number of amides is 1. The van der Waals surface area contributed by atoms with E-state index in [2.05, 4.69) is 5.32 Å². The summed E-state index contributed by atoms with van der Waals surface area (Å²) in [5.41, 5.74) is 0.781. The van der Waals surface area contributed by atoms with Crippen LogP contribution in [0.15, 0.2) is 42.5 Å². The molecule has 0 spiro atoms. The zero-order valence-corrected chi connectivity index (χ0v) is 13.4. The van der Waals surface area contributed by atoms with Crippen LogP contribution in [0.25, 0.3) is 0 Å². The minimum Gasteiger partial charge on any atom is -0.490 e. The van der Waals surface area contributed by atoms with Crippen LogP contribution in [0.2, 0.25) is 0 Å². The van der Waals surface area contributed by atoms with Gasteiger partial charge in [0.25, 0.3) is 5.91 Å². The molecular weight excluding hydrogens is 311 g/mol. The highest BCUT2D eigenvalue weighted by atomic mass is 19.1. The lowest BCUT2D eigenvalue weighted by atomic mass is 10.2. The number of benzene rings is 2. The maximum Gasteiger partial charge on any atom is 0.265 e. The number of ether oxygens (including phenoxy) is 2. The van der Waals surface area contributed by atoms with Crippen molar-refractivity contribution >= 4 is 11.6 Å². The van der Waals surface area contributed by atoms with Gasteiger partial charge >= 0.3 is 0 Å². The first kappa shape index (κ1) is 17.3. The average molecular weight is 328 g/mol. The molecule has 0 aliphatic rings. The lowest BCUT2D eigenvalue weighted by molar-refractivity contribution is -0.122. The van der Waals surface area contributed by atoms with Crippen LogP contribution in [-0.4, -0.2) is 18.6 Å². The minimum absolute atomic E-state index is 0.348. The third kappa shape index (κ3) is 4.46. The predicted molar refractivity (Wildman–Crippen MR) is 87.4 cm³/mol. The highest BCUT2D eigenvalue weighted by molar-refractivity contribution is 5.94. The van der Waals surface area contributed by atoms with Crippen molar-refractivity contribution in [3.63, 3.8) is 0 Å². The lowest BCUT2D eigenvalue weighted by Crippen LogP contribution is -2.30. The van der Waals surface area contributed by atoms with Crippen molar-refractivity contribution < 1.29 is 18.7 Å². The van der Waals surface area contributed by atoms with Crippen molar-refractivity contribution in [3.8, 4) is 17.6 Å². The number of hydrogen-bond donors (Lipinski definition) is 1. The zero-order valence-electron chi connectivity index (χ0n) is 13.4. The van der Waals surface area contributed by atoms with Gasteiger partial charge in [-0.25, -0.2) is 4.39 Å². The number of anilines is 1. The molecule has 0 aromatic heterocycles. The summed E-state index contributed by atoms with van der Waals surface area (Å²) in [5, 5.41) is 11.5. The number of nitrogens with one attached hydrogen (secondary N) is 1. The van der Waals surface area contributed by atoms with E-state index in [0.717, 1.165) is 0 Å². The van der Waals surface area contributed by atoms with Crippen molar-refractivity contribution in [1.82, 2.24) is 0 Å². The van der Waals surface area contributed by atoms with Crippen LogP contribution in [-0.2, 0) is 4.79 Å². The van der Waals surface area contributed by atoms with Gasteiger partial charge in [-0.2, -0.15) is 5.26 Å². The summed E-state index contributed by atoms with van der Waals surface area (Å²) < 4.78 is 24.2. The third-order valence-electron chi connectivity index (χ3n) is 3.14. The third-order valence-corrected chi connectivity index (χ3v) is 3.14. The molecule has 1 amide bonds. The Morgan fingerprint density at radius 2 is 2.08 bits per heavy atom. The van der Waals surface area contributed by atoms with E-state index in [9.17, 15) is 9.18 Å². The monoisotopic (exact) mass is 328 g/mol. The molecule has 0 bridgehead atoms. The first-order valence-electron chi connectivity index (χ1n) is 7.43. The molecule has 0 saturated carbocycles. The smallest absolute Gasteiger partial charge is 0.265 e. The number of halogens is 1. The van der Waals surface area contributed by atoms with Crippen LogP contribution >= 0.6 is 0 Å². The minimum atomic E-state index is -0.833. The van der Waals surface area contributed by atoms with E-state index >= 15 is 0 Å². The summed E-state index contributed by atoms with van der Waals surface area (Å²) >= 11 is 0. The maximum atomic E-state index is 13.1. The van der Waals surface area contributed by atoms with E-state index in [1.54, 1.807) is 31.2 Å². The van der Waals surface area contributed by atoms with Gasteiger partial charge in [-0.3, -0.25) is 4.79 Å². The van der Waals surface area contributed by atoms with Gasteiger partial charge in [0.1, 0.15) is 5.82 Å². The molecule has 5 nitrogen and oxygen atoms in total. The highest BCUT2D eigenvalue weighted by Gasteiger charge is 2.17. The van der Waals surface area contributed by atoms with Gasteiger partial charge in [-0.05, 0) is 44.2 Å². The molecule has 124 valence electrons. The zero-order chi connectivity index (χ0) is 17.5. The summed E-state index contributed by atoms with van der Waals surface area (Å²) in [7, 11) is 0. The van der Waals surface area contributed by atoms with Crippen molar-refractivity contribution in [3.05, 3.63) is 53.8 Å². The Morgan fingerprint density at radius 3 is 2.75 bits per heavy atom. The molecule has 2 aromatic rings. The summed E-state index contributed by atoms with van der Waals surface area (Å²) in [5.74, 6) is -0.112. The van der Waals surface area contributed by atoms with Crippen LogP contribution in [0.3, 0.4) is 0 Å². The van der Waals surface area contributed by atoms with Crippen molar-refractivity contribution in [2.45, 2.75) is 20.0 Å². The summed E-state index contributed by atoms with van der Waals surface area (Å²) in [6.45, 7) is 3.78. The van der Waals surface area contributed by atoms with Crippen LogP contribution in [0.4, 0.5) is 10.1 Å². The van der Waals surface area contributed by atoms with Crippen molar-refractivity contribution in [1.29, 1.82) is 5.26 Å². The predicted octanol–water partition coefficient (Wildman–Crippen LogP) is 3.50. The second-order valence-electron chi connectivity index (χ2n) is 4.97. The molecular formula is C18H17FN2O3. The molecule has 0 aliphatic carbocycles. The van der Waals surface area contributed by atoms with E-state index in [1.807, 2.05) is 13.0 Å². The molecule has 6 heteroatoms. The molecule has 2 aromatic carbocycles. The Labute approximate surface area is 139 Å². The molecule has 0 aliphatic heterocycles. The quantitative estimate of drug-likeness (QED) is 0.881. The van der Waals surface area contributed by atoms with Gasteiger partial charge < -0.3 is 14.8 Å². The largest absolute Gasteiger partial charge is 0.490 e. The van der Waals surface area contributed by atoms with Gasteiger partial charge in [0.05, 0.1) is 18.2 Å². The first-order chi connectivity index (χ1) is 11.5. The molecule has 0 radical (unpaired) electrons. The summed E-state index contributed by atoms with van der Waals surface area (Å²) in [6.07, 6.45) is -0.833. The SMILES string of the molecule is CCOc1cc(C#N)ccc1O[C@@H](C)C(=O)Nc1cccc(F)c1. The van der Waals surface area contributed by atoms with E-state index in [4.69, 9.17) is 14.7 Å². The Hall–Kier alpha value is -3.07. The van der Waals surface area contributed by atoms with Gasteiger partial charge in [-0.15, -0.1) is 0 Å². The number of nitriles is 1. The summed E-state index contributed by atoms with van der Waals surface area (Å²) in [6, 6.07) is 12.3. The Balaban J connectivity index is 2.09. The molecule has 24 heavy (non-hydrogen) atoms. The fourth-order valence-electron chi connectivity index (χ4n) is 2.00. The van der Waals surface area contributed by atoms with E-state index in [1.165, 1.54) is 18.2 Å². The van der Waals surface area contributed by atoms with E-state index < -0.39 is 17.8 Å². The Kier molecular flexibility index (Phi) is 5.74. The molecule has 0 fully saturated rings. The number of carbonyl (C=O) groups is 1. The second kappa shape index (κ2) is 7.97. The van der Waals surface area contributed by atoms with Gasteiger partial charge in [0, 0.05) is 11.8 Å². The number of carbonyl (C=O) groups excluding carboxylic acids is 1. The molecule has 1 atom stereocenters. The Bertz CT molecular complexity index is 771. The molecule has 2 rings (SSSR count). The van der Waals surface area contributed by atoms with Crippen LogP contribution in [0.5, 0.6) is 11.5 Å². The van der Waals surface area contributed by atoms with Crippen LogP contribution in [0.1, 0.15) is 19.4 Å². The topological polar surface area (TPSA) is 71.3 Å². The number of hydrogen-bond acceptors (Lipinski definition) is 4. The van der Waals surface area contributed by atoms with E-state index in [0.29, 0.717) is 29.4 Å². The molecule has 1 N–H and O–H groups in total. The number of nitrogens with zero attached hydrogens (tertiary/aromatic N) is 1. The standard InChI is InChI=1S/C18H17FN2O3/c1-3-23-17-9-13(11-20)7-8-16(17)24-12(2)18(22)21-15-6-4-5-14(19)10-15/h4-10,12H,3H2,1-2H3,(H,21,22)/t12-/m0/s1. The summed E-state index contributed by atoms with van der Waals surface area (Å²) in [4.78, 5) is 12.2. The highest BCUT2D eigenvalue weighted by Crippen LogP contribution is 2.29. The van der Waals surface area contributed by atoms with Crippen LogP contribution in [0, 0.1) is 17.1 Å². The molecule has 0 saturated heterocycles.